The van der Waals surface area contributed by atoms with Crippen LogP contribution in [0.5, 0.6) is 0 Å². The lowest BCUT2D eigenvalue weighted by Crippen LogP contribution is -2.50. The molecular formula is C26H32ClN5O3. The Bertz CT molecular complexity index is 1110. The first kappa shape index (κ1) is 24.0. The van der Waals surface area contributed by atoms with Crippen molar-refractivity contribution in [2.45, 2.75) is 70.0 Å². The van der Waals surface area contributed by atoms with Crippen LogP contribution < -0.4 is 10.6 Å². The summed E-state index contributed by atoms with van der Waals surface area (Å²) in [5.74, 6) is 0.271. The van der Waals surface area contributed by atoms with Crippen LogP contribution in [-0.4, -0.2) is 58.0 Å². The average molecular weight is 498 g/mol. The number of rotatable bonds is 6. The molecule has 9 heteroatoms. The van der Waals surface area contributed by atoms with Gasteiger partial charge in [0.15, 0.2) is 0 Å². The summed E-state index contributed by atoms with van der Waals surface area (Å²) in [7, 11) is 0. The van der Waals surface area contributed by atoms with E-state index >= 15 is 0 Å². The van der Waals surface area contributed by atoms with E-state index < -0.39 is 0 Å². The van der Waals surface area contributed by atoms with Crippen LogP contribution in [-0.2, 0) is 16.1 Å². The van der Waals surface area contributed by atoms with E-state index in [1.807, 2.05) is 18.2 Å². The topological polar surface area (TPSA) is 96.5 Å². The van der Waals surface area contributed by atoms with Crippen LogP contribution in [0.2, 0.25) is 5.02 Å². The van der Waals surface area contributed by atoms with Gasteiger partial charge in [-0.1, -0.05) is 43.0 Å². The van der Waals surface area contributed by atoms with Crippen molar-refractivity contribution < 1.29 is 14.3 Å². The Hall–Kier alpha value is -2.71. The number of fused-ring (bicyclic) bond motifs is 1. The second kappa shape index (κ2) is 10.1. The van der Waals surface area contributed by atoms with Gasteiger partial charge in [-0.25, -0.2) is 9.97 Å². The van der Waals surface area contributed by atoms with Crippen LogP contribution in [0, 0.1) is 0 Å². The van der Waals surface area contributed by atoms with E-state index in [9.17, 15) is 9.59 Å². The van der Waals surface area contributed by atoms with E-state index in [0.29, 0.717) is 28.8 Å². The number of carbonyl (C=O) groups is 2. The van der Waals surface area contributed by atoms with Crippen LogP contribution >= 0.6 is 11.6 Å². The molecule has 1 aromatic heterocycles. The third-order valence-electron chi connectivity index (χ3n) is 7.29. The van der Waals surface area contributed by atoms with Gasteiger partial charge in [0.2, 0.25) is 11.9 Å². The Morgan fingerprint density at radius 2 is 2.00 bits per heavy atom. The summed E-state index contributed by atoms with van der Waals surface area (Å²) in [6, 6.07) is 5.93. The molecule has 3 aliphatic rings. The highest BCUT2D eigenvalue weighted by Gasteiger charge is 2.33. The number of nitrogens with one attached hydrogen (secondary N) is 2. The Balaban J connectivity index is 1.28. The van der Waals surface area contributed by atoms with Crippen molar-refractivity contribution in [2.75, 3.05) is 25.1 Å². The van der Waals surface area contributed by atoms with Gasteiger partial charge < -0.3 is 20.3 Å². The van der Waals surface area contributed by atoms with Gasteiger partial charge in [-0.15, -0.1) is 0 Å². The fourth-order valence-corrected chi connectivity index (χ4v) is 5.51. The Kier molecular flexibility index (Phi) is 6.93. The van der Waals surface area contributed by atoms with Crippen molar-refractivity contribution in [3.05, 3.63) is 40.5 Å². The second-order valence-electron chi connectivity index (χ2n) is 10.1. The molecule has 1 saturated carbocycles. The largest absolute Gasteiger partial charge is 0.381 e. The van der Waals surface area contributed by atoms with Crippen molar-refractivity contribution >= 4 is 29.4 Å². The smallest absolute Gasteiger partial charge is 0.254 e. The van der Waals surface area contributed by atoms with Gasteiger partial charge in [0.1, 0.15) is 6.54 Å². The van der Waals surface area contributed by atoms with Gasteiger partial charge in [0, 0.05) is 42.5 Å². The number of nitrogens with zero attached hydrogens (tertiary/aromatic N) is 3. The zero-order valence-corrected chi connectivity index (χ0v) is 20.9. The summed E-state index contributed by atoms with van der Waals surface area (Å²) in [6.45, 7) is 4.03. The predicted molar refractivity (Wildman–Crippen MR) is 134 cm³/mol. The monoisotopic (exact) mass is 497 g/mol. The molecule has 0 unspecified atom stereocenters. The summed E-state index contributed by atoms with van der Waals surface area (Å²) in [5.41, 5.74) is 2.65. The van der Waals surface area contributed by atoms with Gasteiger partial charge in [0.05, 0.1) is 16.9 Å². The maximum Gasteiger partial charge on any atom is 0.254 e. The fraction of sp³-hybridized carbons (Fsp3) is 0.538. The summed E-state index contributed by atoms with van der Waals surface area (Å²) < 4.78 is 5.41. The molecule has 186 valence electrons. The summed E-state index contributed by atoms with van der Waals surface area (Å²) in [6.07, 6.45) is 8.84. The molecule has 8 nitrogen and oxygen atoms in total. The number of anilines is 1. The number of amides is 2. The molecule has 2 amide bonds. The number of halogens is 1. The van der Waals surface area contributed by atoms with E-state index in [1.165, 1.54) is 6.42 Å². The first-order chi connectivity index (χ1) is 16.9. The van der Waals surface area contributed by atoms with Gasteiger partial charge in [-0.2, -0.15) is 0 Å². The summed E-state index contributed by atoms with van der Waals surface area (Å²) in [4.78, 5) is 36.5. The molecule has 35 heavy (non-hydrogen) atoms. The zero-order chi connectivity index (χ0) is 24.4. The quantitative estimate of drug-likeness (QED) is 0.621. The summed E-state index contributed by atoms with van der Waals surface area (Å²) >= 11 is 6.44. The molecule has 2 N–H and O–H groups in total. The lowest BCUT2D eigenvalue weighted by Gasteiger charge is -2.35. The highest BCUT2D eigenvalue weighted by atomic mass is 35.5. The molecule has 0 spiro atoms. The van der Waals surface area contributed by atoms with Crippen molar-refractivity contribution in [3.63, 3.8) is 0 Å². The Morgan fingerprint density at radius 3 is 2.77 bits per heavy atom. The van der Waals surface area contributed by atoms with Gasteiger partial charge in [0.25, 0.3) is 5.91 Å². The molecule has 2 aliphatic heterocycles. The highest BCUT2D eigenvalue weighted by Crippen LogP contribution is 2.32. The maximum absolute atomic E-state index is 13.2. The summed E-state index contributed by atoms with van der Waals surface area (Å²) in [5, 5.41) is 6.96. The SMILES string of the molecule is CC1(NC(=O)CN2Cc3ccc(-c4nc(NC5CCOCC5)ncc4Cl)cc3C2=O)CCCCC1. The molecule has 2 aromatic rings. The van der Waals surface area contributed by atoms with E-state index in [1.54, 1.807) is 11.1 Å². The molecule has 1 saturated heterocycles. The molecule has 0 atom stereocenters. The van der Waals surface area contributed by atoms with Crippen LogP contribution in [0.25, 0.3) is 11.3 Å². The minimum absolute atomic E-state index is 0.0614. The number of benzene rings is 1. The first-order valence-electron chi connectivity index (χ1n) is 12.5. The van der Waals surface area contributed by atoms with Crippen molar-refractivity contribution in [1.82, 2.24) is 20.2 Å². The minimum atomic E-state index is -0.168. The van der Waals surface area contributed by atoms with Crippen LogP contribution in [0.4, 0.5) is 5.95 Å². The predicted octanol–water partition coefficient (Wildman–Crippen LogP) is 4.18. The average Bonchev–Trinajstić information content (AvgIpc) is 3.15. The molecule has 1 aliphatic carbocycles. The first-order valence-corrected chi connectivity index (χ1v) is 12.9. The molecule has 5 rings (SSSR count). The van der Waals surface area contributed by atoms with Gasteiger partial charge >= 0.3 is 0 Å². The minimum Gasteiger partial charge on any atom is -0.381 e. The number of aromatic nitrogens is 2. The van der Waals surface area contributed by atoms with E-state index in [-0.39, 0.29) is 29.9 Å². The second-order valence-corrected chi connectivity index (χ2v) is 10.5. The van der Waals surface area contributed by atoms with Crippen LogP contribution in [0.15, 0.2) is 24.4 Å². The zero-order valence-electron chi connectivity index (χ0n) is 20.1. The molecule has 3 heterocycles. The molecular weight excluding hydrogens is 466 g/mol. The van der Waals surface area contributed by atoms with Gasteiger partial charge in [-0.05, 0) is 44.2 Å². The Morgan fingerprint density at radius 1 is 1.23 bits per heavy atom. The van der Waals surface area contributed by atoms with Crippen molar-refractivity contribution in [2.24, 2.45) is 0 Å². The van der Waals surface area contributed by atoms with Crippen LogP contribution in [0.1, 0.15) is 67.8 Å². The number of hydrogen-bond donors (Lipinski definition) is 2. The van der Waals surface area contributed by atoms with Crippen LogP contribution in [0.3, 0.4) is 0 Å². The highest BCUT2D eigenvalue weighted by molar-refractivity contribution is 6.33. The number of ether oxygens (including phenoxy) is 1. The number of hydrogen-bond acceptors (Lipinski definition) is 6. The third-order valence-corrected chi connectivity index (χ3v) is 7.57. The molecule has 0 bridgehead atoms. The lowest BCUT2D eigenvalue weighted by molar-refractivity contribution is -0.124. The normalized spacial score (nSPS) is 19.9. The Labute approximate surface area is 210 Å². The fourth-order valence-electron chi connectivity index (χ4n) is 5.31. The third kappa shape index (κ3) is 5.43. The van der Waals surface area contributed by atoms with E-state index in [4.69, 9.17) is 16.3 Å². The van der Waals surface area contributed by atoms with E-state index in [0.717, 1.165) is 62.9 Å². The van der Waals surface area contributed by atoms with Gasteiger partial charge in [-0.3, -0.25) is 9.59 Å². The molecule has 1 aromatic carbocycles. The molecule has 0 radical (unpaired) electrons. The van der Waals surface area contributed by atoms with Crippen molar-refractivity contribution in [1.29, 1.82) is 0 Å². The van der Waals surface area contributed by atoms with E-state index in [2.05, 4.69) is 27.5 Å². The van der Waals surface area contributed by atoms with Crippen molar-refractivity contribution in [3.8, 4) is 11.3 Å². The lowest BCUT2D eigenvalue weighted by atomic mass is 9.83. The standard InChI is InChI=1S/C26H32ClN5O3/c1-26(9-3-2-4-10-26)31-22(33)16-32-15-18-6-5-17(13-20(18)24(32)34)23-21(27)14-28-25(30-23)29-19-7-11-35-12-8-19/h5-6,13-14,19H,2-4,7-12,15-16H2,1H3,(H,31,33)(H,28,29,30). The maximum atomic E-state index is 13.2. The molecule has 2 fully saturated rings. The number of carbonyl (C=O) groups excluding carboxylic acids is 2.